The van der Waals surface area contributed by atoms with Gasteiger partial charge in [-0.15, -0.1) is 0 Å². The van der Waals surface area contributed by atoms with Crippen LogP contribution in [0, 0.1) is 0 Å². The van der Waals surface area contributed by atoms with Crippen molar-refractivity contribution in [3.63, 3.8) is 0 Å². The van der Waals surface area contributed by atoms with Gasteiger partial charge in [0.2, 0.25) is 0 Å². The topological polar surface area (TPSA) is 18.5 Å². The van der Waals surface area contributed by atoms with E-state index in [0.29, 0.717) is 0 Å². The number of unbranched alkanes of at least 4 members (excludes halogenated alkanes) is 12. The number of aryl methyl sites for hydroxylation is 2. The summed E-state index contributed by atoms with van der Waals surface area (Å²) in [5.41, 5.74) is 5.37. The molecule has 0 radical (unpaired) electrons. The molecule has 196 valence electrons. The summed E-state index contributed by atoms with van der Waals surface area (Å²) >= 11 is 0. The van der Waals surface area contributed by atoms with Gasteiger partial charge in [0.05, 0.1) is 14.2 Å². The Morgan fingerprint density at radius 2 is 0.857 bits per heavy atom. The number of benzene rings is 2. The summed E-state index contributed by atoms with van der Waals surface area (Å²) in [6.07, 6.45) is 22.1. The van der Waals surface area contributed by atoms with Crippen LogP contribution in [0.1, 0.15) is 126 Å². The first-order valence-corrected chi connectivity index (χ1v) is 14.5. The predicted octanol–water partition coefficient (Wildman–Crippen LogP) is 9.88. The summed E-state index contributed by atoms with van der Waals surface area (Å²) in [6, 6.07) is 13.5. The number of hydrogen-bond acceptors (Lipinski definition) is 2. The van der Waals surface area contributed by atoms with Gasteiger partial charge in [-0.25, -0.2) is 0 Å². The fourth-order valence-corrected chi connectivity index (χ4v) is 5.03. The van der Waals surface area contributed by atoms with E-state index in [4.69, 9.17) is 9.47 Å². The first-order chi connectivity index (χ1) is 17.2. The van der Waals surface area contributed by atoms with Gasteiger partial charge in [0.1, 0.15) is 11.5 Å². The van der Waals surface area contributed by atoms with Crippen LogP contribution in [0.4, 0.5) is 0 Å². The van der Waals surface area contributed by atoms with E-state index in [-0.39, 0.29) is 0 Å². The number of hydrogen-bond donors (Lipinski definition) is 0. The second-order valence-corrected chi connectivity index (χ2v) is 10.2. The molecule has 2 aromatic carbocycles. The van der Waals surface area contributed by atoms with Crippen molar-refractivity contribution < 1.29 is 9.47 Å². The van der Waals surface area contributed by atoms with Crippen molar-refractivity contribution >= 4 is 0 Å². The Morgan fingerprint density at radius 3 is 1.23 bits per heavy atom. The highest BCUT2D eigenvalue weighted by molar-refractivity contribution is 5.45. The molecule has 0 spiro atoms. The van der Waals surface area contributed by atoms with Crippen LogP contribution in [-0.2, 0) is 19.3 Å². The van der Waals surface area contributed by atoms with E-state index in [9.17, 15) is 0 Å². The van der Waals surface area contributed by atoms with Gasteiger partial charge in [-0.1, -0.05) is 115 Å². The minimum absolute atomic E-state index is 0.849. The average molecular weight is 481 g/mol. The zero-order valence-corrected chi connectivity index (χ0v) is 23.3. The maximum absolute atomic E-state index is 5.74. The zero-order valence-electron chi connectivity index (χ0n) is 23.3. The fraction of sp³-hybridized carbons (Fsp3) is 0.636. The molecule has 0 aliphatic heterocycles. The number of methoxy groups -OCH3 is 2. The monoisotopic (exact) mass is 480 g/mol. The second kappa shape index (κ2) is 18.3. The SMILES string of the molecule is CCCCCCCCCc1ccc(OC)c(Cc2cc(CCCCCCCCC)ccc2OC)c1. The Labute approximate surface area is 216 Å². The Kier molecular flexibility index (Phi) is 15.3. The summed E-state index contributed by atoms with van der Waals surface area (Å²) in [6.45, 7) is 4.56. The predicted molar refractivity (Wildman–Crippen MR) is 152 cm³/mol. The van der Waals surface area contributed by atoms with Crippen molar-refractivity contribution in [3.05, 3.63) is 58.7 Å². The molecule has 0 aromatic heterocycles. The normalized spacial score (nSPS) is 11.1. The van der Waals surface area contributed by atoms with Crippen molar-refractivity contribution in [2.24, 2.45) is 0 Å². The molecule has 0 bridgehead atoms. The standard InChI is InChI=1S/C33H52O2/c1-5-7-9-11-13-15-17-19-28-21-23-32(34-3)30(25-28)27-31-26-29(22-24-33(31)35-4)20-18-16-14-12-10-8-6-2/h21-26H,5-20,27H2,1-4H3. The van der Waals surface area contributed by atoms with Crippen molar-refractivity contribution in [2.45, 2.75) is 123 Å². The van der Waals surface area contributed by atoms with Crippen LogP contribution in [0.2, 0.25) is 0 Å². The maximum atomic E-state index is 5.74. The van der Waals surface area contributed by atoms with Crippen LogP contribution < -0.4 is 9.47 Å². The lowest BCUT2D eigenvalue weighted by atomic mass is 9.96. The highest BCUT2D eigenvalue weighted by atomic mass is 16.5. The van der Waals surface area contributed by atoms with Crippen LogP contribution in [0.25, 0.3) is 0 Å². The van der Waals surface area contributed by atoms with Crippen molar-refractivity contribution in [1.29, 1.82) is 0 Å². The Hall–Kier alpha value is -1.96. The van der Waals surface area contributed by atoms with Crippen LogP contribution in [0.15, 0.2) is 36.4 Å². The van der Waals surface area contributed by atoms with E-state index in [1.54, 1.807) is 14.2 Å². The molecule has 2 heteroatoms. The zero-order chi connectivity index (χ0) is 25.1. The van der Waals surface area contributed by atoms with E-state index in [1.807, 2.05) is 0 Å². The molecule has 0 aliphatic carbocycles. The Morgan fingerprint density at radius 1 is 0.486 bits per heavy atom. The first kappa shape index (κ1) is 29.3. The maximum Gasteiger partial charge on any atom is 0.122 e. The van der Waals surface area contributed by atoms with Gasteiger partial charge < -0.3 is 9.47 Å². The molecule has 0 unspecified atom stereocenters. The summed E-state index contributed by atoms with van der Waals surface area (Å²) in [5.74, 6) is 1.96. The molecule has 0 fully saturated rings. The molecule has 0 saturated carbocycles. The molecule has 2 rings (SSSR count). The molecule has 35 heavy (non-hydrogen) atoms. The third-order valence-corrected chi connectivity index (χ3v) is 7.21. The molecule has 0 heterocycles. The number of rotatable bonds is 20. The average Bonchev–Trinajstić information content (AvgIpc) is 2.88. The molecule has 2 aromatic rings. The summed E-state index contributed by atoms with van der Waals surface area (Å²) in [7, 11) is 3.56. The van der Waals surface area contributed by atoms with Gasteiger partial charge in [0, 0.05) is 6.42 Å². The molecule has 2 nitrogen and oxygen atoms in total. The molecule has 0 N–H and O–H groups in total. The quantitative estimate of drug-likeness (QED) is 0.176. The van der Waals surface area contributed by atoms with Crippen molar-refractivity contribution in [2.75, 3.05) is 14.2 Å². The lowest BCUT2D eigenvalue weighted by Crippen LogP contribution is -2.00. The molecule has 0 amide bonds. The summed E-state index contributed by atoms with van der Waals surface area (Å²) in [5, 5.41) is 0. The third kappa shape index (κ3) is 11.5. The lowest BCUT2D eigenvalue weighted by molar-refractivity contribution is 0.405. The fourth-order valence-electron chi connectivity index (χ4n) is 5.03. The number of ether oxygens (including phenoxy) is 2. The highest BCUT2D eigenvalue weighted by Crippen LogP contribution is 2.29. The molecular weight excluding hydrogens is 428 g/mol. The molecule has 0 aliphatic rings. The molecule has 0 saturated heterocycles. The highest BCUT2D eigenvalue weighted by Gasteiger charge is 2.11. The second-order valence-electron chi connectivity index (χ2n) is 10.2. The Balaban J connectivity index is 1.95. The molecule has 0 atom stereocenters. The van der Waals surface area contributed by atoms with Crippen LogP contribution in [-0.4, -0.2) is 14.2 Å². The van der Waals surface area contributed by atoms with Gasteiger partial charge in [-0.2, -0.15) is 0 Å². The van der Waals surface area contributed by atoms with Crippen molar-refractivity contribution in [3.8, 4) is 11.5 Å². The molecular formula is C33H52O2. The van der Waals surface area contributed by atoms with Crippen LogP contribution in [0.3, 0.4) is 0 Å². The van der Waals surface area contributed by atoms with E-state index in [1.165, 1.54) is 112 Å². The van der Waals surface area contributed by atoms with Crippen LogP contribution in [0.5, 0.6) is 11.5 Å². The van der Waals surface area contributed by atoms with E-state index in [2.05, 4.69) is 50.2 Å². The van der Waals surface area contributed by atoms with E-state index >= 15 is 0 Å². The van der Waals surface area contributed by atoms with Gasteiger partial charge in [-0.3, -0.25) is 0 Å². The van der Waals surface area contributed by atoms with Gasteiger partial charge in [0.15, 0.2) is 0 Å². The first-order valence-electron chi connectivity index (χ1n) is 14.5. The third-order valence-electron chi connectivity index (χ3n) is 7.21. The minimum Gasteiger partial charge on any atom is -0.496 e. The van der Waals surface area contributed by atoms with Gasteiger partial charge in [-0.05, 0) is 60.1 Å². The summed E-state index contributed by atoms with van der Waals surface area (Å²) in [4.78, 5) is 0. The lowest BCUT2D eigenvalue weighted by Gasteiger charge is -2.15. The summed E-state index contributed by atoms with van der Waals surface area (Å²) < 4.78 is 11.5. The van der Waals surface area contributed by atoms with Crippen molar-refractivity contribution in [1.82, 2.24) is 0 Å². The largest absolute Gasteiger partial charge is 0.496 e. The van der Waals surface area contributed by atoms with Gasteiger partial charge in [0.25, 0.3) is 0 Å². The van der Waals surface area contributed by atoms with E-state index in [0.717, 1.165) is 30.8 Å². The minimum atomic E-state index is 0.849. The van der Waals surface area contributed by atoms with Gasteiger partial charge >= 0.3 is 0 Å². The van der Waals surface area contributed by atoms with E-state index < -0.39 is 0 Å². The smallest absolute Gasteiger partial charge is 0.122 e. The van der Waals surface area contributed by atoms with Crippen LogP contribution >= 0.6 is 0 Å². The Bertz CT molecular complexity index is 743.